The third-order valence-corrected chi connectivity index (χ3v) is 4.33. The molecule has 5 nitrogen and oxygen atoms in total. The zero-order chi connectivity index (χ0) is 19.0. The third kappa shape index (κ3) is 3.08. The lowest BCUT2D eigenvalue weighted by Crippen LogP contribution is -2.25. The molecular weight excluding hydrogens is 359 g/mol. The number of benzene rings is 1. The van der Waals surface area contributed by atoms with Gasteiger partial charge in [-0.2, -0.15) is 0 Å². The number of ether oxygens (including phenoxy) is 1. The van der Waals surface area contributed by atoms with Gasteiger partial charge < -0.3 is 4.74 Å². The molecule has 0 N–H and O–H groups in total. The number of hydrogen-bond acceptors (Lipinski definition) is 4. The van der Waals surface area contributed by atoms with E-state index in [-0.39, 0.29) is 28.4 Å². The monoisotopic (exact) mass is 374 g/mol. The second kappa shape index (κ2) is 6.88. The number of esters is 1. The molecule has 0 aliphatic rings. The average molecular weight is 375 g/mol. The molecule has 2 heterocycles. The summed E-state index contributed by atoms with van der Waals surface area (Å²) in [5.74, 6) is -1.34. The minimum Gasteiger partial charge on any atom is -0.462 e. The van der Waals surface area contributed by atoms with Crippen molar-refractivity contribution in [3.63, 3.8) is 0 Å². The fourth-order valence-corrected chi connectivity index (χ4v) is 2.81. The Labute approximate surface area is 154 Å². The van der Waals surface area contributed by atoms with Crippen molar-refractivity contribution in [1.29, 1.82) is 0 Å². The van der Waals surface area contributed by atoms with Crippen molar-refractivity contribution in [1.82, 2.24) is 9.38 Å². The van der Waals surface area contributed by atoms with E-state index in [0.29, 0.717) is 11.3 Å². The number of pyridine rings is 1. The first-order valence-corrected chi connectivity index (χ1v) is 8.37. The first kappa shape index (κ1) is 18.1. The van der Waals surface area contributed by atoms with Crippen molar-refractivity contribution in [2.24, 2.45) is 0 Å². The van der Waals surface area contributed by atoms with Gasteiger partial charge in [0.25, 0.3) is 5.56 Å². The largest absolute Gasteiger partial charge is 0.462 e. The van der Waals surface area contributed by atoms with Crippen LogP contribution >= 0.6 is 11.6 Å². The van der Waals surface area contributed by atoms with Gasteiger partial charge >= 0.3 is 5.97 Å². The van der Waals surface area contributed by atoms with Gasteiger partial charge in [-0.05, 0) is 50.6 Å². The van der Waals surface area contributed by atoms with Crippen molar-refractivity contribution in [2.45, 2.75) is 20.8 Å². The lowest BCUT2D eigenvalue weighted by Gasteiger charge is -2.13. The van der Waals surface area contributed by atoms with E-state index >= 15 is 0 Å². The van der Waals surface area contributed by atoms with Crippen LogP contribution in [0.4, 0.5) is 4.39 Å². The Morgan fingerprint density at radius 3 is 2.65 bits per heavy atom. The highest BCUT2D eigenvalue weighted by Gasteiger charge is 2.20. The van der Waals surface area contributed by atoms with E-state index in [0.717, 1.165) is 5.56 Å². The summed E-state index contributed by atoms with van der Waals surface area (Å²) in [6.45, 7) is 5.36. The average Bonchev–Trinajstić information content (AvgIpc) is 2.58. The van der Waals surface area contributed by atoms with Crippen LogP contribution in [0.1, 0.15) is 28.5 Å². The summed E-state index contributed by atoms with van der Waals surface area (Å²) in [6, 6.07) is 5.52. The molecule has 2 aromatic heterocycles. The van der Waals surface area contributed by atoms with Gasteiger partial charge in [-0.3, -0.25) is 9.20 Å². The second-order valence-corrected chi connectivity index (χ2v) is 6.26. The predicted molar refractivity (Wildman–Crippen MR) is 97.3 cm³/mol. The highest BCUT2D eigenvalue weighted by atomic mass is 35.5. The van der Waals surface area contributed by atoms with E-state index in [1.807, 2.05) is 0 Å². The van der Waals surface area contributed by atoms with Gasteiger partial charge in [0, 0.05) is 28.0 Å². The molecule has 7 heteroatoms. The Kier molecular flexibility index (Phi) is 4.78. The Balaban J connectivity index is 2.43. The Morgan fingerprint density at radius 1 is 1.27 bits per heavy atom. The maximum absolute atomic E-state index is 14.5. The fourth-order valence-electron chi connectivity index (χ4n) is 2.66. The molecule has 0 unspecified atom stereocenters. The van der Waals surface area contributed by atoms with Crippen molar-refractivity contribution in [3.8, 4) is 11.1 Å². The van der Waals surface area contributed by atoms with Crippen molar-refractivity contribution in [2.75, 3.05) is 6.61 Å². The standard InChI is InChI=1S/C19H16ClFN2O3/c1-4-26-19(25)15-8-14(13-6-5-12(20)7-16(13)21)17-22-11(3)10(2)9-23(17)18(15)24/h5-9H,4H2,1-3H3. The number of hydrogen-bond donors (Lipinski definition) is 0. The van der Waals surface area contributed by atoms with Crippen LogP contribution in [0, 0.1) is 19.7 Å². The number of nitrogens with zero attached hydrogens (tertiary/aromatic N) is 2. The van der Waals surface area contributed by atoms with Crippen LogP contribution in [0.15, 0.2) is 35.3 Å². The lowest BCUT2D eigenvalue weighted by molar-refractivity contribution is 0.0524. The van der Waals surface area contributed by atoms with Crippen LogP contribution < -0.4 is 5.56 Å². The van der Waals surface area contributed by atoms with E-state index in [4.69, 9.17) is 16.3 Å². The molecule has 0 spiro atoms. The Morgan fingerprint density at radius 2 is 2.00 bits per heavy atom. The summed E-state index contributed by atoms with van der Waals surface area (Å²) in [5, 5.41) is 0.245. The van der Waals surface area contributed by atoms with Gasteiger partial charge in [-0.1, -0.05) is 11.6 Å². The summed E-state index contributed by atoms with van der Waals surface area (Å²) >= 11 is 5.83. The molecule has 134 valence electrons. The minimum absolute atomic E-state index is 0.122. The van der Waals surface area contributed by atoms with Gasteiger partial charge in [0.1, 0.15) is 17.0 Å². The van der Waals surface area contributed by atoms with Crippen molar-refractivity contribution < 1.29 is 13.9 Å². The molecule has 0 aliphatic heterocycles. The lowest BCUT2D eigenvalue weighted by atomic mass is 10.0. The molecule has 1 aromatic carbocycles. The normalized spacial score (nSPS) is 11.0. The molecule has 0 aliphatic carbocycles. The topological polar surface area (TPSA) is 60.7 Å². The first-order chi connectivity index (χ1) is 12.3. The van der Waals surface area contributed by atoms with Gasteiger partial charge in [0.15, 0.2) is 0 Å². The van der Waals surface area contributed by atoms with Crippen molar-refractivity contribution >= 4 is 23.2 Å². The molecule has 0 fully saturated rings. The quantitative estimate of drug-likeness (QED) is 0.651. The van der Waals surface area contributed by atoms with Crippen LogP contribution in [-0.4, -0.2) is 22.0 Å². The second-order valence-electron chi connectivity index (χ2n) is 5.82. The number of aryl methyl sites for hydroxylation is 2. The molecule has 0 radical (unpaired) electrons. The number of aromatic nitrogens is 2. The molecule has 0 atom stereocenters. The van der Waals surface area contributed by atoms with E-state index < -0.39 is 17.3 Å². The number of halogens is 2. The third-order valence-electron chi connectivity index (χ3n) is 4.09. The van der Waals surface area contributed by atoms with Gasteiger partial charge in [-0.25, -0.2) is 14.2 Å². The Bertz CT molecular complexity index is 1090. The fraction of sp³-hybridized carbons (Fsp3) is 0.211. The van der Waals surface area contributed by atoms with Crippen LogP contribution in [0.25, 0.3) is 16.8 Å². The number of carbonyl (C=O) groups excluding carboxylic acids is 1. The Hall–Kier alpha value is -2.73. The van der Waals surface area contributed by atoms with Crippen LogP contribution in [0.5, 0.6) is 0 Å². The van der Waals surface area contributed by atoms with Crippen molar-refractivity contribution in [3.05, 3.63) is 68.5 Å². The van der Waals surface area contributed by atoms with E-state index in [9.17, 15) is 14.0 Å². The molecule has 0 saturated carbocycles. The first-order valence-electron chi connectivity index (χ1n) is 7.99. The summed E-state index contributed by atoms with van der Waals surface area (Å²) in [4.78, 5) is 29.4. The maximum Gasteiger partial charge on any atom is 0.343 e. The molecule has 3 aromatic rings. The van der Waals surface area contributed by atoms with E-state index in [1.165, 1.54) is 28.7 Å². The summed E-state index contributed by atoms with van der Waals surface area (Å²) in [5.41, 5.74) is 1.48. The van der Waals surface area contributed by atoms with Crippen LogP contribution in [-0.2, 0) is 4.74 Å². The van der Waals surface area contributed by atoms with Crippen LogP contribution in [0.2, 0.25) is 5.02 Å². The molecule has 0 saturated heterocycles. The highest BCUT2D eigenvalue weighted by molar-refractivity contribution is 6.30. The van der Waals surface area contributed by atoms with Gasteiger partial charge in [0.2, 0.25) is 0 Å². The van der Waals surface area contributed by atoms with Crippen LogP contribution in [0.3, 0.4) is 0 Å². The number of carbonyl (C=O) groups is 1. The molecule has 0 amide bonds. The molecule has 0 bridgehead atoms. The molecule has 3 rings (SSSR count). The zero-order valence-electron chi connectivity index (χ0n) is 14.5. The number of fused-ring (bicyclic) bond motifs is 1. The van der Waals surface area contributed by atoms with E-state index in [2.05, 4.69) is 4.98 Å². The summed E-state index contributed by atoms with van der Waals surface area (Å²) in [7, 11) is 0. The van der Waals surface area contributed by atoms with E-state index in [1.54, 1.807) is 27.0 Å². The molecule has 26 heavy (non-hydrogen) atoms. The smallest absolute Gasteiger partial charge is 0.343 e. The highest BCUT2D eigenvalue weighted by Crippen LogP contribution is 2.29. The molecular formula is C19H16ClFN2O3. The zero-order valence-corrected chi connectivity index (χ0v) is 15.2. The number of rotatable bonds is 3. The summed E-state index contributed by atoms with van der Waals surface area (Å²) in [6.07, 6.45) is 1.58. The minimum atomic E-state index is -0.763. The maximum atomic E-state index is 14.5. The summed E-state index contributed by atoms with van der Waals surface area (Å²) < 4.78 is 20.7. The SMILES string of the molecule is CCOC(=O)c1cc(-c2ccc(Cl)cc2F)c2nc(C)c(C)cn2c1=O. The van der Waals surface area contributed by atoms with Gasteiger partial charge in [0.05, 0.1) is 6.61 Å². The van der Waals surface area contributed by atoms with Gasteiger partial charge in [-0.15, -0.1) is 0 Å². The predicted octanol–water partition coefficient (Wildman–Crippen LogP) is 3.95.